The van der Waals surface area contributed by atoms with E-state index in [1.165, 1.54) is 0 Å². The van der Waals surface area contributed by atoms with Gasteiger partial charge in [-0.15, -0.1) is 11.3 Å². The van der Waals surface area contributed by atoms with Crippen LogP contribution in [0.3, 0.4) is 0 Å². The summed E-state index contributed by atoms with van der Waals surface area (Å²) in [5.41, 5.74) is 9.91. The smallest absolute Gasteiger partial charge is 0.0977 e. The van der Waals surface area contributed by atoms with Crippen LogP contribution < -0.4 is 5.73 Å². The first kappa shape index (κ1) is 13.2. The van der Waals surface area contributed by atoms with Gasteiger partial charge in [0, 0.05) is 28.1 Å². The van der Waals surface area contributed by atoms with Crippen LogP contribution in [0.1, 0.15) is 10.6 Å². The van der Waals surface area contributed by atoms with Gasteiger partial charge in [0.05, 0.1) is 10.7 Å². The van der Waals surface area contributed by atoms with E-state index in [1.807, 2.05) is 30.3 Å². The number of rotatable bonds is 3. The molecule has 3 rings (SSSR count). The van der Waals surface area contributed by atoms with Gasteiger partial charge in [-0.2, -0.15) is 0 Å². The van der Waals surface area contributed by atoms with Crippen molar-refractivity contribution in [3.63, 3.8) is 0 Å². The molecule has 0 unspecified atom stereocenters. The SMILES string of the molecule is Nc1cc(Cl)ccc1Cc1nc(-c2ccccc2)cs1. The molecule has 1 heterocycles. The summed E-state index contributed by atoms with van der Waals surface area (Å²) in [5, 5.41) is 3.80. The molecule has 2 N–H and O–H groups in total. The van der Waals surface area contributed by atoms with Gasteiger partial charge in [-0.3, -0.25) is 0 Å². The second-order valence-electron chi connectivity index (χ2n) is 4.51. The van der Waals surface area contributed by atoms with Crippen LogP contribution in [-0.4, -0.2) is 4.98 Å². The third kappa shape index (κ3) is 2.84. The molecule has 0 aliphatic heterocycles. The Morgan fingerprint density at radius 2 is 1.90 bits per heavy atom. The maximum atomic E-state index is 5.98. The maximum absolute atomic E-state index is 5.98. The van der Waals surface area contributed by atoms with Crippen molar-refractivity contribution in [2.45, 2.75) is 6.42 Å². The highest BCUT2D eigenvalue weighted by molar-refractivity contribution is 7.10. The van der Waals surface area contributed by atoms with E-state index in [9.17, 15) is 0 Å². The average molecular weight is 301 g/mol. The van der Waals surface area contributed by atoms with Crippen molar-refractivity contribution >= 4 is 28.6 Å². The Balaban J connectivity index is 1.84. The highest BCUT2D eigenvalue weighted by atomic mass is 35.5. The second-order valence-corrected chi connectivity index (χ2v) is 5.89. The minimum absolute atomic E-state index is 0.662. The topological polar surface area (TPSA) is 38.9 Å². The molecule has 0 radical (unpaired) electrons. The van der Waals surface area contributed by atoms with E-state index < -0.39 is 0 Å². The van der Waals surface area contributed by atoms with Crippen LogP contribution in [0.2, 0.25) is 5.02 Å². The monoisotopic (exact) mass is 300 g/mol. The molecular formula is C16H13ClN2S. The minimum Gasteiger partial charge on any atom is -0.398 e. The fourth-order valence-electron chi connectivity index (χ4n) is 2.02. The minimum atomic E-state index is 0.662. The first-order valence-corrected chi connectivity index (χ1v) is 7.52. The zero-order chi connectivity index (χ0) is 13.9. The van der Waals surface area contributed by atoms with Crippen molar-refractivity contribution in [1.29, 1.82) is 0 Å². The van der Waals surface area contributed by atoms with Gasteiger partial charge in [0.1, 0.15) is 0 Å². The average Bonchev–Trinajstić information content (AvgIpc) is 2.92. The van der Waals surface area contributed by atoms with Crippen molar-refractivity contribution in [2.24, 2.45) is 0 Å². The summed E-state index contributed by atoms with van der Waals surface area (Å²) < 4.78 is 0. The van der Waals surface area contributed by atoms with Gasteiger partial charge < -0.3 is 5.73 Å². The van der Waals surface area contributed by atoms with E-state index >= 15 is 0 Å². The van der Waals surface area contributed by atoms with Crippen LogP contribution >= 0.6 is 22.9 Å². The Morgan fingerprint density at radius 3 is 2.65 bits per heavy atom. The van der Waals surface area contributed by atoms with E-state index in [-0.39, 0.29) is 0 Å². The third-order valence-corrected chi connectivity index (χ3v) is 4.15. The molecule has 2 nitrogen and oxygen atoms in total. The van der Waals surface area contributed by atoms with Gasteiger partial charge in [-0.25, -0.2) is 4.98 Å². The number of aromatic nitrogens is 1. The van der Waals surface area contributed by atoms with Gasteiger partial charge in [0.25, 0.3) is 0 Å². The van der Waals surface area contributed by atoms with E-state index in [2.05, 4.69) is 22.5 Å². The summed E-state index contributed by atoms with van der Waals surface area (Å²) in [7, 11) is 0. The van der Waals surface area contributed by atoms with Crippen molar-refractivity contribution in [3.8, 4) is 11.3 Å². The summed E-state index contributed by atoms with van der Waals surface area (Å²) in [5.74, 6) is 0. The fraction of sp³-hybridized carbons (Fsp3) is 0.0625. The highest BCUT2D eigenvalue weighted by Gasteiger charge is 2.07. The van der Waals surface area contributed by atoms with E-state index in [0.717, 1.165) is 28.2 Å². The standard InChI is InChI=1S/C16H13ClN2S/c17-13-7-6-12(14(18)9-13)8-16-19-15(10-20-16)11-4-2-1-3-5-11/h1-7,9-10H,8,18H2. The first-order valence-electron chi connectivity index (χ1n) is 6.26. The summed E-state index contributed by atoms with van der Waals surface area (Å²) >= 11 is 7.56. The zero-order valence-electron chi connectivity index (χ0n) is 10.7. The summed E-state index contributed by atoms with van der Waals surface area (Å²) in [4.78, 5) is 4.67. The first-order chi connectivity index (χ1) is 9.72. The lowest BCUT2D eigenvalue weighted by Gasteiger charge is -2.03. The van der Waals surface area contributed by atoms with Gasteiger partial charge in [-0.05, 0) is 17.7 Å². The number of nitrogens with two attached hydrogens (primary N) is 1. The lowest BCUT2D eigenvalue weighted by molar-refractivity contribution is 1.14. The number of anilines is 1. The molecule has 3 aromatic rings. The molecule has 1 aromatic heterocycles. The number of hydrogen-bond donors (Lipinski definition) is 1. The van der Waals surface area contributed by atoms with E-state index in [4.69, 9.17) is 17.3 Å². The van der Waals surface area contributed by atoms with E-state index in [1.54, 1.807) is 17.4 Å². The van der Waals surface area contributed by atoms with Crippen LogP contribution in [0.4, 0.5) is 5.69 Å². The van der Waals surface area contributed by atoms with Crippen molar-refractivity contribution < 1.29 is 0 Å². The third-order valence-electron chi connectivity index (χ3n) is 3.07. The summed E-state index contributed by atoms with van der Waals surface area (Å²) in [6, 6.07) is 15.8. The molecule has 0 saturated carbocycles. The van der Waals surface area contributed by atoms with Crippen molar-refractivity contribution in [1.82, 2.24) is 4.98 Å². The molecule has 0 atom stereocenters. The molecule has 0 saturated heterocycles. The number of nitrogen functional groups attached to an aromatic ring is 1. The second kappa shape index (κ2) is 5.65. The zero-order valence-corrected chi connectivity index (χ0v) is 12.3. The largest absolute Gasteiger partial charge is 0.398 e. The fourth-order valence-corrected chi connectivity index (χ4v) is 3.03. The Bertz CT molecular complexity index is 722. The Hall–Kier alpha value is -1.84. The van der Waals surface area contributed by atoms with Crippen LogP contribution in [0.5, 0.6) is 0 Å². The van der Waals surface area contributed by atoms with E-state index in [0.29, 0.717) is 10.7 Å². The Morgan fingerprint density at radius 1 is 1.10 bits per heavy atom. The molecular weight excluding hydrogens is 288 g/mol. The van der Waals surface area contributed by atoms with Crippen LogP contribution in [-0.2, 0) is 6.42 Å². The molecule has 100 valence electrons. The molecule has 0 amide bonds. The molecule has 2 aromatic carbocycles. The van der Waals surface area contributed by atoms with Gasteiger partial charge in [0.2, 0.25) is 0 Å². The number of benzene rings is 2. The van der Waals surface area contributed by atoms with Crippen LogP contribution in [0.25, 0.3) is 11.3 Å². The van der Waals surface area contributed by atoms with Gasteiger partial charge in [-0.1, -0.05) is 48.0 Å². The Labute approximate surface area is 126 Å². The molecule has 0 bridgehead atoms. The maximum Gasteiger partial charge on any atom is 0.0977 e. The summed E-state index contributed by atoms with van der Waals surface area (Å²) in [6.07, 6.45) is 0.737. The molecule has 0 spiro atoms. The number of thiazole rings is 1. The highest BCUT2D eigenvalue weighted by Crippen LogP contribution is 2.25. The molecule has 20 heavy (non-hydrogen) atoms. The summed E-state index contributed by atoms with van der Waals surface area (Å²) in [6.45, 7) is 0. The van der Waals surface area contributed by atoms with Gasteiger partial charge in [0.15, 0.2) is 0 Å². The number of nitrogens with zero attached hydrogens (tertiary/aromatic N) is 1. The lowest BCUT2D eigenvalue weighted by Crippen LogP contribution is -1.95. The predicted octanol–water partition coefficient (Wildman–Crippen LogP) is 4.64. The van der Waals surface area contributed by atoms with Crippen LogP contribution in [0, 0.1) is 0 Å². The Kier molecular flexibility index (Phi) is 3.72. The molecule has 0 fully saturated rings. The van der Waals surface area contributed by atoms with Crippen molar-refractivity contribution in [2.75, 3.05) is 5.73 Å². The molecule has 0 aliphatic carbocycles. The normalized spacial score (nSPS) is 10.7. The lowest BCUT2D eigenvalue weighted by atomic mass is 10.1. The van der Waals surface area contributed by atoms with Crippen molar-refractivity contribution in [3.05, 3.63) is 69.5 Å². The number of hydrogen-bond acceptors (Lipinski definition) is 3. The van der Waals surface area contributed by atoms with Crippen LogP contribution in [0.15, 0.2) is 53.9 Å². The predicted molar refractivity (Wildman–Crippen MR) is 86.2 cm³/mol. The molecule has 0 aliphatic rings. The van der Waals surface area contributed by atoms with Gasteiger partial charge >= 0.3 is 0 Å². The molecule has 4 heteroatoms. The quantitative estimate of drug-likeness (QED) is 0.716. The number of halogens is 1.